The number of thiazole rings is 1. The largest absolute Gasteiger partial charge is 0.462 e. The Morgan fingerprint density at radius 2 is 1.94 bits per heavy atom. The molecule has 1 atom stereocenters. The third-order valence-electron chi connectivity index (χ3n) is 5.51. The number of hydrogen-bond acceptors (Lipinski definition) is 6. The second kappa shape index (κ2) is 8.46. The summed E-state index contributed by atoms with van der Waals surface area (Å²) in [7, 11) is 0. The number of carbonyl (C=O) groups is 1. The predicted molar refractivity (Wildman–Crippen MR) is 131 cm³/mol. The number of nitrogens with one attached hydrogen (secondary N) is 1. The van der Waals surface area contributed by atoms with Gasteiger partial charge in [-0.25, -0.2) is 4.99 Å². The Labute approximate surface area is 197 Å². The van der Waals surface area contributed by atoms with E-state index in [4.69, 9.17) is 4.42 Å². The topological polar surface area (TPSA) is 76.6 Å². The number of fused-ring (bicyclic) bond motifs is 1. The minimum absolute atomic E-state index is 0.195. The lowest BCUT2D eigenvalue weighted by molar-refractivity contribution is -0.113. The lowest BCUT2D eigenvalue weighted by Gasteiger charge is -2.24. The maximum absolute atomic E-state index is 13.5. The Morgan fingerprint density at radius 3 is 2.64 bits per heavy atom. The molecule has 0 aliphatic carbocycles. The molecule has 0 spiro atoms. The van der Waals surface area contributed by atoms with Crippen molar-refractivity contribution in [2.45, 2.75) is 26.8 Å². The minimum Gasteiger partial charge on any atom is -0.462 e. The highest BCUT2D eigenvalue weighted by Crippen LogP contribution is 2.33. The van der Waals surface area contributed by atoms with Gasteiger partial charge in [-0.3, -0.25) is 14.2 Å². The van der Waals surface area contributed by atoms with Crippen LogP contribution >= 0.6 is 22.7 Å². The Bertz CT molecular complexity index is 1570. The average Bonchev–Trinajstić information content (AvgIpc) is 3.51. The summed E-state index contributed by atoms with van der Waals surface area (Å²) in [5, 5.41) is 4.96. The van der Waals surface area contributed by atoms with E-state index in [1.807, 2.05) is 74.7 Å². The molecule has 0 saturated carbocycles. The number of thiophene rings is 1. The van der Waals surface area contributed by atoms with E-state index in [1.165, 1.54) is 22.7 Å². The second-order valence-electron chi connectivity index (χ2n) is 7.81. The molecule has 33 heavy (non-hydrogen) atoms. The smallest absolute Gasteiger partial charge is 0.271 e. The van der Waals surface area contributed by atoms with Crippen molar-refractivity contribution in [2.75, 3.05) is 5.32 Å². The van der Waals surface area contributed by atoms with Crippen molar-refractivity contribution in [2.24, 2.45) is 4.99 Å². The summed E-state index contributed by atoms with van der Waals surface area (Å²) in [5.74, 6) is 1.12. The average molecular weight is 476 g/mol. The number of rotatable bonds is 4. The van der Waals surface area contributed by atoms with Crippen LogP contribution in [-0.4, -0.2) is 10.5 Å². The lowest BCUT2D eigenvalue weighted by Crippen LogP contribution is -2.40. The van der Waals surface area contributed by atoms with Gasteiger partial charge in [0, 0.05) is 16.6 Å². The van der Waals surface area contributed by atoms with E-state index in [2.05, 4.69) is 10.3 Å². The number of allylic oxidation sites excluding steroid dienone is 1. The van der Waals surface area contributed by atoms with Gasteiger partial charge in [-0.1, -0.05) is 35.6 Å². The van der Waals surface area contributed by atoms with Crippen molar-refractivity contribution >= 4 is 40.3 Å². The number of para-hydroxylation sites is 1. The van der Waals surface area contributed by atoms with Gasteiger partial charge in [0.05, 0.1) is 15.8 Å². The third kappa shape index (κ3) is 3.92. The normalized spacial score (nSPS) is 16.0. The predicted octanol–water partition coefficient (Wildman–Crippen LogP) is 4.15. The highest BCUT2D eigenvalue weighted by molar-refractivity contribution is 7.10. The number of hydrogen-bond donors (Lipinski definition) is 1. The van der Waals surface area contributed by atoms with Crippen LogP contribution in [0, 0.1) is 13.8 Å². The molecule has 0 bridgehead atoms. The van der Waals surface area contributed by atoms with E-state index in [9.17, 15) is 9.59 Å². The molecule has 1 amide bonds. The molecule has 1 aliphatic rings. The van der Waals surface area contributed by atoms with Gasteiger partial charge in [-0.2, -0.15) is 0 Å². The van der Waals surface area contributed by atoms with E-state index in [0.717, 1.165) is 21.9 Å². The van der Waals surface area contributed by atoms with Crippen LogP contribution in [0.25, 0.3) is 6.08 Å². The van der Waals surface area contributed by atoms with Crippen molar-refractivity contribution in [3.63, 3.8) is 0 Å². The van der Waals surface area contributed by atoms with Crippen LogP contribution in [0.2, 0.25) is 0 Å². The van der Waals surface area contributed by atoms with Gasteiger partial charge in [-0.15, -0.1) is 11.3 Å². The molecule has 3 aromatic heterocycles. The van der Waals surface area contributed by atoms with Crippen molar-refractivity contribution in [1.29, 1.82) is 0 Å². The van der Waals surface area contributed by atoms with E-state index < -0.39 is 6.04 Å². The number of amides is 1. The summed E-state index contributed by atoms with van der Waals surface area (Å²) >= 11 is 2.81. The molecule has 1 aromatic carbocycles. The molecule has 5 rings (SSSR count). The van der Waals surface area contributed by atoms with Crippen LogP contribution < -0.4 is 20.2 Å². The summed E-state index contributed by atoms with van der Waals surface area (Å²) < 4.78 is 7.77. The summed E-state index contributed by atoms with van der Waals surface area (Å²) in [6, 6.07) is 14.6. The molecule has 8 heteroatoms. The third-order valence-corrected chi connectivity index (χ3v) is 7.41. The first-order chi connectivity index (χ1) is 15.9. The highest BCUT2D eigenvalue weighted by Gasteiger charge is 2.33. The first kappa shape index (κ1) is 21.4. The Kier molecular flexibility index (Phi) is 5.47. The van der Waals surface area contributed by atoms with E-state index >= 15 is 0 Å². The highest BCUT2D eigenvalue weighted by atomic mass is 32.1. The van der Waals surface area contributed by atoms with Crippen LogP contribution in [0.15, 0.2) is 79.4 Å². The molecular formula is C25H21N3O3S2. The maximum atomic E-state index is 13.5. The lowest BCUT2D eigenvalue weighted by atomic mass is 10.0. The number of anilines is 1. The molecule has 4 aromatic rings. The number of aromatic nitrogens is 1. The number of benzene rings is 1. The molecule has 1 aliphatic heterocycles. The zero-order valence-corrected chi connectivity index (χ0v) is 19.9. The zero-order valence-electron chi connectivity index (χ0n) is 18.3. The van der Waals surface area contributed by atoms with Crippen LogP contribution in [-0.2, 0) is 4.79 Å². The summed E-state index contributed by atoms with van der Waals surface area (Å²) in [6.45, 7) is 5.62. The quantitative estimate of drug-likeness (QED) is 0.482. The van der Waals surface area contributed by atoms with Gasteiger partial charge in [-0.05, 0) is 56.0 Å². The zero-order chi connectivity index (χ0) is 23.1. The summed E-state index contributed by atoms with van der Waals surface area (Å²) in [4.78, 5) is 33.1. The van der Waals surface area contributed by atoms with Gasteiger partial charge in [0.2, 0.25) is 0 Å². The summed E-state index contributed by atoms with van der Waals surface area (Å²) in [5.41, 5.74) is 2.57. The number of nitrogens with zero attached hydrogens (tertiary/aromatic N) is 2. The van der Waals surface area contributed by atoms with Crippen LogP contribution in [0.4, 0.5) is 5.69 Å². The van der Waals surface area contributed by atoms with Gasteiger partial charge < -0.3 is 9.73 Å². The second-order valence-corrected chi connectivity index (χ2v) is 9.80. The van der Waals surface area contributed by atoms with Gasteiger partial charge in [0.15, 0.2) is 4.80 Å². The first-order valence-electron chi connectivity index (χ1n) is 10.4. The minimum atomic E-state index is -0.550. The van der Waals surface area contributed by atoms with Crippen LogP contribution in [0.5, 0.6) is 0 Å². The van der Waals surface area contributed by atoms with Crippen molar-refractivity contribution in [3.8, 4) is 0 Å². The Morgan fingerprint density at radius 1 is 1.12 bits per heavy atom. The van der Waals surface area contributed by atoms with E-state index in [1.54, 1.807) is 10.6 Å². The van der Waals surface area contributed by atoms with Crippen molar-refractivity contribution < 1.29 is 9.21 Å². The number of aryl methyl sites for hydroxylation is 2. The molecule has 1 N–H and O–H groups in total. The van der Waals surface area contributed by atoms with E-state index in [0.29, 0.717) is 26.4 Å². The SMILES string of the molecule is CC1=C(C(=O)Nc2ccccc2C)C(c2cccs2)n2c(sc(=Cc3ccc(C)o3)c2=O)=N1. The number of carbonyl (C=O) groups excluding carboxylic acids is 1. The Hall–Kier alpha value is -3.49. The van der Waals surface area contributed by atoms with Crippen molar-refractivity contribution in [1.82, 2.24) is 4.57 Å². The fourth-order valence-electron chi connectivity index (χ4n) is 3.89. The molecule has 0 saturated heterocycles. The fraction of sp³-hybridized carbons (Fsp3) is 0.160. The van der Waals surface area contributed by atoms with Crippen LogP contribution in [0.3, 0.4) is 0 Å². The summed E-state index contributed by atoms with van der Waals surface area (Å²) in [6.07, 6.45) is 1.73. The molecule has 166 valence electrons. The van der Waals surface area contributed by atoms with Crippen molar-refractivity contribution in [3.05, 3.63) is 107 Å². The molecule has 0 radical (unpaired) electrons. The number of furan rings is 1. The molecular weight excluding hydrogens is 454 g/mol. The molecule has 4 heterocycles. The van der Waals surface area contributed by atoms with Gasteiger partial charge in [0.1, 0.15) is 17.6 Å². The molecule has 0 fully saturated rings. The van der Waals surface area contributed by atoms with Crippen LogP contribution in [0.1, 0.15) is 34.9 Å². The van der Waals surface area contributed by atoms with Gasteiger partial charge >= 0.3 is 0 Å². The fourth-order valence-corrected chi connectivity index (χ4v) is 5.74. The van der Waals surface area contributed by atoms with E-state index in [-0.39, 0.29) is 11.5 Å². The van der Waals surface area contributed by atoms with Gasteiger partial charge in [0.25, 0.3) is 11.5 Å². The maximum Gasteiger partial charge on any atom is 0.271 e. The monoisotopic (exact) mass is 475 g/mol. The Balaban J connectivity index is 1.65. The molecule has 6 nitrogen and oxygen atoms in total. The first-order valence-corrected chi connectivity index (χ1v) is 12.1. The molecule has 1 unspecified atom stereocenters. The standard InChI is InChI=1S/C25H21N3O3S2/c1-14-7-4-5-8-18(14)27-23(29)21-16(3)26-25-28(22(21)19-9-6-12-32-19)24(30)20(33-25)13-17-11-10-15(2)31-17/h4-13,22H,1-3H3,(H,27,29).